The van der Waals surface area contributed by atoms with Gasteiger partial charge < -0.3 is 9.47 Å². The fraction of sp³-hybridized carbons (Fsp3) is 0.609. The Hall–Kier alpha value is -1.30. The number of likely N-dealkylation sites (N-methyl/N-ethyl adjacent to an activating group) is 1. The fourth-order valence-electron chi connectivity index (χ4n) is 3.23. The van der Waals surface area contributed by atoms with Crippen LogP contribution in [-0.4, -0.2) is 54.4 Å². The summed E-state index contributed by atoms with van der Waals surface area (Å²) < 4.78 is 11.0. The Morgan fingerprint density at radius 3 is 2.54 bits per heavy atom. The van der Waals surface area contributed by atoms with E-state index in [4.69, 9.17) is 9.47 Å². The fourth-order valence-corrected chi connectivity index (χ4v) is 4.48. The summed E-state index contributed by atoms with van der Waals surface area (Å²) in [6.45, 7) is 9.42. The number of carbonyl (C=O) groups is 1. The first kappa shape index (κ1) is 23.0. The minimum Gasteiger partial charge on any atom is -0.467 e. The zero-order valence-corrected chi connectivity index (χ0v) is 18.9. The number of hydrogen-bond acceptors (Lipinski definition) is 5. The van der Waals surface area contributed by atoms with Crippen LogP contribution in [0.1, 0.15) is 33.3 Å². The predicted octanol–water partition coefficient (Wildman–Crippen LogP) is 4.40. The second-order valence-electron chi connectivity index (χ2n) is 8.26. The number of rotatable bonds is 9. The van der Waals surface area contributed by atoms with E-state index in [0.717, 1.165) is 11.3 Å². The minimum absolute atomic E-state index is 0.171. The van der Waals surface area contributed by atoms with Crippen molar-refractivity contribution in [2.75, 3.05) is 26.5 Å². The van der Waals surface area contributed by atoms with Gasteiger partial charge in [-0.05, 0) is 32.4 Å². The Bertz CT molecular complexity index is 645. The summed E-state index contributed by atoms with van der Waals surface area (Å²) in [5.41, 5.74) is 1.07. The molecule has 1 saturated heterocycles. The van der Waals surface area contributed by atoms with Crippen LogP contribution >= 0.6 is 11.8 Å². The topological polar surface area (TPSA) is 38.8 Å². The number of ether oxygens (including phenoxy) is 2. The van der Waals surface area contributed by atoms with Crippen molar-refractivity contribution in [3.05, 3.63) is 48.0 Å². The van der Waals surface area contributed by atoms with Gasteiger partial charge in [-0.1, -0.05) is 56.3 Å². The normalized spacial score (nSPS) is 21.9. The summed E-state index contributed by atoms with van der Waals surface area (Å²) in [7, 11) is 3.60. The molecular formula is C23H35NO3S. The zero-order chi connectivity index (χ0) is 20.7. The molecule has 1 fully saturated rings. The molecule has 0 spiro atoms. The molecule has 1 aliphatic heterocycles. The quantitative estimate of drug-likeness (QED) is 0.450. The highest BCUT2D eigenvalue weighted by Crippen LogP contribution is 2.37. The molecule has 1 aromatic rings. The summed E-state index contributed by atoms with van der Waals surface area (Å²) in [4.78, 5) is 14.8. The van der Waals surface area contributed by atoms with E-state index in [-0.39, 0.29) is 16.8 Å². The molecular weight excluding hydrogens is 370 g/mol. The standard InChI is InChI=1S/C23H35NO3S/c1-17(2)19(12-13-20-16-28-23(3,4)24(20)5)15-27-21(22(25)26-6)14-18-10-8-7-9-11-18/h7-13,17,19-21H,14-16H2,1-6H3/b13-12+/t19-,20?,21?/m1/s1. The molecule has 0 radical (unpaired) electrons. The van der Waals surface area contributed by atoms with Crippen molar-refractivity contribution in [3.8, 4) is 0 Å². The largest absolute Gasteiger partial charge is 0.467 e. The van der Waals surface area contributed by atoms with Gasteiger partial charge in [-0.3, -0.25) is 4.90 Å². The molecule has 5 heteroatoms. The molecule has 0 saturated carbocycles. The van der Waals surface area contributed by atoms with Crippen LogP contribution in [0, 0.1) is 11.8 Å². The van der Waals surface area contributed by atoms with Crippen LogP contribution < -0.4 is 0 Å². The third-order valence-electron chi connectivity index (χ3n) is 5.61. The van der Waals surface area contributed by atoms with Crippen molar-refractivity contribution in [3.63, 3.8) is 0 Å². The minimum atomic E-state index is -0.578. The molecule has 1 aliphatic rings. The lowest BCUT2D eigenvalue weighted by atomic mass is 9.95. The van der Waals surface area contributed by atoms with Gasteiger partial charge in [-0.15, -0.1) is 11.8 Å². The lowest BCUT2D eigenvalue weighted by molar-refractivity contribution is -0.154. The molecule has 1 aromatic carbocycles. The van der Waals surface area contributed by atoms with Gasteiger partial charge in [0.2, 0.25) is 0 Å². The molecule has 0 bridgehead atoms. The monoisotopic (exact) mass is 405 g/mol. The Morgan fingerprint density at radius 2 is 2.00 bits per heavy atom. The van der Waals surface area contributed by atoms with E-state index in [1.54, 1.807) is 0 Å². The van der Waals surface area contributed by atoms with E-state index in [1.807, 2.05) is 42.1 Å². The first-order chi connectivity index (χ1) is 13.2. The number of thioether (sulfide) groups is 1. The molecule has 0 aliphatic carbocycles. The molecule has 2 rings (SSSR count). The van der Waals surface area contributed by atoms with Crippen molar-refractivity contribution < 1.29 is 14.3 Å². The van der Waals surface area contributed by atoms with E-state index in [2.05, 4.69) is 51.8 Å². The molecule has 1 heterocycles. The number of nitrogens with zero attached hydrogens (tertiary/aromatic N) is 1. The number of methoxy groups -OCH3 is 1. The van der Waals surface area contributed by atoms with Crippen molar-refractivity contribution in [1.82, 2.24) is 4.90 Å². The Morgan fingerprint density at radius 1 is 1.32 bits per heavy atom. The van der Waals surface area contributed by atoms with Gasteiger partial charge in [-0.2, -0.15) is 0 Å². The van der Waals surface area contributed by atoms with Crippen LogP contribution in [-0.2, 0) is 20.7 Å². The van der Waals surface area contributed by atoms with Crippen molar-refractivity contribution in [2.45, 2.75) is 51.1 Å². The molecule has 156 valence electrons. The molecule has 28 heavy (non-hydrogen) atoms. The highest BCUT2D eigenvalue weighted by molar-refractivity contribution is 8.00. The average Bonchev–Trinajstić information content (AvgIpc) is 2.93. The average molecular weight is 406 g/mol. The van der Waals surface area contributed by atoms with Crippen LogP contribution in [0.2, 0.25) is 0 Å². The van der Waals surface area contributed by atoms with Crippen molar-refractivity contribution in [1.29, 1.82) is 0 Å². The molecule has 0 aromatic heterocycles. The van der Waals surface area contributed by atoms with Gasteiger partial charge in [-0.25, -0.2) is 4.79 Å². The number of esters is 1. The van der Waals surface area contributed by atoms with Gasteiger partial charge in [0, 0.05) is 24.1 Å². The van der Waals surface area contributed by atoms with Crippen LogP contribution in [0.25, 0.3) is 0 Å². The van der Waals surface area contributed by atoms with Gasteiger partial charge in [0.1, 0.15) is 0 Å². The Balaban J connectivity index is 1.99. The van der Waals surface area contributed by atoms with Gasteiger partial charge >= 0.3 is 5.97 Å². The second kappa shape index (κ2) is 10.5. The maximum Gasteiger partial charge on any atom is 0.335 e. The summed E-state index contributed by atoms with van der Waals surface area (Å²) in [6, 6.07) is 10.4. The smallest absolute Gasteiger partial charge is 0.335 e. The molecule has 0 N–H and O–H groups in total. The van der Waals surface area contributed by atoms with E-state index >= 15 is 0 Å². The van der Waals surface area contributed by atoms with Crippen molar-refractivity contribution >= 4 is 17.7 Å². The summed E-state index contributed by atoms with van der Waals surface area (Å²) in [6.07, 6.45) is 4.52. The lowest BCUT2D eigenvalue weighted by Gasteiger charge is -2.29. The first-order valence-electron chi connectivity index (χ1n) is 10.0. The van der Waals surface area contributed by atoms with E-state index in [0.29, 0.717) is 25.0 Å². The maximum absolute atomic E-state index is 12.2. The van der Waals surface area contributed by atoms with Gasteiger partial charge in [0.15, 0.2) is 6.10 Å². The van der Waals surface area contributed by atoms with Crippen LogP contribution in [0.3, 0.4) is 0 Å². The van der Waals surface area contributed by atoms with E-state index in [1.165, 1.54) is 7.11 Å². The number of carbonyl (C=O) groups excluding carboxylic acids is 1. The Kier molecular flexibility index (Phi) is 8.59. The predicted molar refractivity (Wildman–Crippen MR) is 117 cm³/mol. The maximum atomic E-state index is 12.2. The molecule has 3 atom stereocenters. The molecule has 4 nitrogen and oxygen atoms in total. The highest BCUT2D eigenvalue weighted by Gasteiger charge is 2.36. The van der Waals surface area contributed by atoms with Crippen LogP contribution in [0.15, 0.2) is 42.5 Å². The van der Waals surface area contributed by atoms with Crippen LogP contribution in [0.5, 0.6) is 0 Å². The SMILES string of the molecule is COC(=O)C(Cc1ccccc1)OC[C@@H](/C=C/C1CSC(C)(C)N1C)C(C)C. The van der Waals surface area contributed by atoms with E-state index in [9.17, 15) is 4.79 Å². The first-order valence-corrected chi connectivity index (χ1v) is 11.0. The zero-order valence-electron chi connectivity index (χ0n) is 18.1. The van der Waals surface area contributed by atoms with E-state index < -0.39 is 6.10 Å². The second-order valence-corrected chi connectivity index (χ2v) is 9.88. The number of benzene rings is 1. The highest BCUT2D eigenvalue weighted by atomic mass is 32.2. The van der Waals surface area contributed by atoms with Crippen LogP contribution in [0.4, 0.5) is 0 Å². The lowest BCUT2D eigenvalue weighted by Crippen LogP contribution is -2.38. The summed E-state index contributed by atoms with van der Waals surface area (Å²) in [5, 5.41) is 0. The summed E-state index contributed by atoms with van der Waals surface area (Å²) in [5.74, 6) is 1.47. The van der Waals surface area contributed by atoms with Gasteiger partial charge in [0.25, 0.3) is 0 Å². The Labute approximate surface area is 174 Å². The molecule has 2 unspecified atom stereocenters. The van der Waals surface area contributed by atoms with Gasteiger partial charge in [0.05, 0.1) is 18.6 Å². The summed E-state index contributed by atoms with van der Waals surface area (Å²) >= 11 is 1.98. The third-order valence-corrected chi connectivity index (χ3v) is 7.11. The molecule has 0 amide bonds. The third kappa shape index (κ3) is 6.36. The van der Waals surface area contributed by atoms with Crippen molar-refractivity contribution in [2.24, 2.45) is 11.8 Å². The number of hydrogen-bond donors (Lipinski definition) is 0.